The summed E-state index contributed by atoms with van der Waals surface area (Å²) in [5.74, 6) is 0.888. The number of halogens is 1. The van der Waals surface area contributed by atoms with E-state index in [0.29, 0.717) is 0 Å². The van der Waals surface area contributed by atoms with E-state index in [1.165, 1.54) is 4.88 Å². The lowest BCUT2D eigenvalue weighted by Crippen LogP contribution is -2.12. The Hall–Kier alpha value is -0.580. The van der Waals surface area contributed by atoms with Crippen molar-refractivity contribution in [1.82, 2.24) is 0 Å². The van der Waals surface area contributed by atoms with Gasteiger partial charge in [-0.25, -0.2) is 0 Å². The normalized spacial score (nSPS) is 13.0. The van der Waals surface area contributed by atoms with E-state index in [2.05, 4.69) is 22.0 Å². The molecule has 4 heteroatoms. The van der Waals surface area contributed by atoms with Crippen LogP contribution in [0.3, 0.4) is 0 Å². The molecule has 1 unspecified atom stereocenters. The molecule has 2 aromatic heterocycles. The van der Waals surface area contributed by atoms with E-state index in [4.69, 9.17) is 10.2 Å². The van der Waals surface area contributed by atoms with E-state index in [1.807, 2.05) is 19.1 Å². The van der Waals surface area contributed by atoms with Gasteiger partial charge in [0.25, 0.3) is 0 Å². The van der Waals surface area contributed by atoms with Crippen LogP contribution in [0, 0.1) is 6.92 Å². The van der Waals surface area contributed by atoms with E-state index >= 15 is 0 Å². The molecule has 0 spiro atoms. The predicted octanol–water partition coefficient (Wildman–Crippen LogP) is 3.65. The van der Waals surface area contributed by atoms with Crippen molar-refractivity contribution in [2.24, 2.45) is 5.73 Å². The molecule has 2 rings (SSSR count). The molecule has 0 aliphatic carbocycles. The molecule has 2 aromatic rings. The number of furan rings is 1. The molecule has 80 valence electrons. The summed E-state index contributed by atoms with van der Waals surface area (Å²) in [5, 5.41) is 0. The molecular formula is C11H12BrNOS. The lowest BCUT2D eigenvalue weighted by molar-refractivity contribution is 0.463. The van der Waals surface area contributed by atoms with Gasteiger partial charge >= 0.3 is 0 Å². The molecule has 0 saturated heterocycles. The third-order valence-corrected chi connectivity index (χ3v) is 3.93. The molecular weight excluding hydrogens is 274 g/mol. The summed E-state index contributed by atoms with van der Waals surface area (Å²) in [4.78, 5) is 1.27. The fourth-order valence-electron chi connectivity index (χ4n) is 1.54. The largest absolute Gasteiger partial charge is 0.467 e. The van der Waals surface area contributed by atoms with Crippen molar-refractivity contribution < 1.29 is 4.42 Å². The van der Waals surface area contributed by atoms with Gasteiger partial charge in [0, 0.05) is 11.3 Å². The summed E-state index contributed by atoms with van der Waals surface area (Å²) in [5.41, 5.74) is 7.20. The highest BCUT2D eigenvalue weighted by atomic mass is 79.9. The first kappa shape index (κ1) is 10.9. The summed E-state index contributed by atoms with van der Waals surface area (Å²) in [7, 11) is 0. The van der Waals surface area contributed by atoms with Crippen LogP contribution in [0.15, 0.2) is 32.7 Å². The van der Waals surface area contributed by atoms with E-state index in [-0.39, 0.29) is 6.04 Å². The van der Waals surface area contributed by atoms with Crippen molar-refractivity contribution in [3.05, 3.63) is 44.4 Å². The maximum absolute atomic E-state index is 6.08. The van der Waals surface area contributed by atoms with Gasteiger partial charge in [-0.1, -0.05) is 0 Å². The molecule has 0 radical (unpaired) electrons. The molecule has 2 N–H and O–H groups in total. The molecule has 0 aromatic carbocycles. The third-order valence-electron chi connectivity index (χ3n) is 2.29. The van der Waals surface area contributed by atoms with Crippen molar-refractivity contribution >= 4 is 27.3 Å². The van der Waals surface area contributed by atoms with Crippen LogP contribution in [0.4, 0.5) is 0 Å². The number of aryl methyl sites for hydroxylation is 1. The minimum absolute atomic E-state index is 0.0504. The summed E-state index contributed by atoms with van der Waals surface area (Å²) < 4.78 is 6.51. The van der Waals surface area contributed by atoms with Gasteiger partial charge in [-0.2, -0.15) is 0 Å². The van der Waals surface area contributed by atoms with Crippen LogP contribution in [0.2, 0.25) is 0 Å². The molecule has 2 heterocycles. The van der Waals surface area contributed by atoms with Gasteiger partial charge in [0.2, 0.25) is 0 Å². The number of rotatable bonds is 3. The lowest BCUT2D eigenvalue weighted by atomic mass is 10.1. The zero-order valence-electron chi connectivity index (χ0n) is 8.37. The van der Waals surface area contributed by atoms with Crippen LogP contribution in [0.25, 0.3) is 0 Å². The highest BCUT2D eigenvalue weighted by Crippen LogP contribution is 2.27. The first-order valence-electron chi connectivity index (χ1n) is 4.70. The molecule has 0 fully saturated rings. The zero-order valence-corrected chi connectivity index (χ0v) is 10.8. The van der Waals surface area contributed by atoms with Gasteiger partial charge in [0.15, 0.2) is 0 Å². The molecule has 0 bridgehead atoms. The lowest BCUT2D eigenvalue weighted by Gasteiger charge is -2.08. The van der Waals surface area contributed by atoms with Gasteiger partial charge in [-0.05, 0) is 46.6 Å². The monoisotopic (exact) mass is 285 g/mol. The van der Waals surface area contributed by atoms with Crippen molar-refractivity contribution in [3.63, 3.8) is 0 Å². The van der Waals surface area contributed by atoms with E-state index < -0.39 is 0 Å². The van der Waals surface area contributed by atoms with Crippen molar-refractivity contribution in [2.75, 3.05) is 0 Å². The minimum atomic E-state index is -0.0504. The maximum atomic E-state index is 6.08. The Morgan fingerprint density at radius 1 is 1.47 bits per heavy atom. The summed E-state index contributed by atoms with van der Waals surface area (Å²) in [6.07, 6.45) is 2.51. The number of thiophene rings is 1. The van der Waals surface area contributed by atoms with Gasteiger partial charge in [-0.15, -0.1) is 11.3 Å². The fraction of sp³-hybridized carbons (Fsp3) is 0.273. The molecule has 0 aliphatic rings. The smallest absolute Gasteiger partial charge is 0.123 e. The number of hydrogen-bond donors (Lipinski definition) is 1. The Morgan fingerprint density at radius 2 is 2.27 bits per heavy atom. The van der Waals surface area contributed by atoms with Crippen molar-refractivity contribution in [3.8, 4) is 0 Å². The molecule has 2 nitrogen and oxygen atoms in total. The molecule has 15 heavy (non-hydrogen) atoms. The van der Waals surface area contributed by atoms with Crippen LogP contribution in [0.1, 0.15) is 22.2 Å². The van der Waals surface area contributed by atoms with Crippen LogP contribution in [-0.4, -0.2) is 0 Å². The van der Waals surface area contributed by atoms with Gasteiger partial charge < -0.3 is 10.2 Å². The molecule has 0 saturated carbocycles. The summed E-state index contributed by atoms with van der Waals surface area (Å²) >= 11 is 5.15. The van der Waals surface area contributed by atoms with E-state index in [0.717, 1.165) is 21.5 Å². The van der Waals surface area contributed by atoms with E-state index in [9.17, 15) is 0 Å². The zero-order chi connectivity index (χ0) is 10.8. The highest BCUT2D eigenvalue weighted by Gasteiger charge is 2.13. The third kappa shape index (κ3) is 2.51. The fourth-order valence-corrected chi connectivity index (χ4v) is 3.08. The second-order valence-electron chi connectivity index (χ2n) is 3.48. The van der Waals surface area contributed by atoms with Crippen molar-refractivity contribution in [2.45, 2.75) is 19.4 Å². The van der Waals surface area contributed by atoms with Gasteiger partial charge in [0.05, 0.1) is 16.1 Å². The standard InChI is InChI=1S/C11H12BrNOS/c1-7-4-5-14-11(7)9(13)6-8-2-3-10(12)15-8/h2-5,9H,6,13H2,1H3. The highest BCUT2D eigenvalue weighted by molar-refractivity contribution is 9.11. The summed E-state index contributed by atoms with van der Waals surface area (Å²) in [6, 6.07) is 6.03. The average Bonchev–Trinajstić information content (AvgIpc) is 2.75. The Labute approximate surface area is 101 Å². The van der Waals surface area contributed by atoms with Crippen LogP contribution < -0.4 is 5.73 Å². The van der Waals surface area contributed by atoms with Crippen LogP contribution in [0.5, 0.6) is 0 Å². The SMILES string of the molecule is Cc1ccoc1C(N)Cc1ccc(Br)s1. The molecule has 1 atom stereocenters. The first-order chi connectivity index (χ1) is 7.16. The first-order valence-corrected chi connectivity index (χ1v) is 6.31. The Bertz CT molecular complexity index is 449. The van der Waals surface area contributed by atoms with E-state index in [1.54, 1.807) is 17.6 Å². The van der Waals surface area contributed by atoms with Crippen LogP contribution in [-0.2, 0) is 6.42 Å². The number of hydrogen-bond acceptors (Lipinski definition) is 3. The van der Waals surface area contributed by atoms with Gasteiger partial charge in [0.1, 0.15) is 5.76 Å². The Kier molecular flexibility index (Phi) is 3.29. The second-order valence-corrected chi connectivity index (χ2v) is 6.03. The quantitative estimate of drug-likeness (QED) is 0.935. The molecule has 0 aliphatic heterocycles. The maximum Gasteiger partial charge on any atom is 0.123 e. The average molecular weight is 286 g/mol. The summed E-state index contributed by atoms with van der Waals surface area (Å²) in [6.45, 7) is 2.02. The Morgan fingerprint density at radius 3 is 2.80 bits per heavy atom. The predicted molar refractivity (Wildman–Crippen MR) is 66.1 cm³/mol. The minimum Gasteiger partial charge on any atom is -0.467 e. The topological polar surface area (TPSA) is 39.2 Å². The second kappa shape index (κ2) is 4.51. The Balaban J connectivity index is 2.10. The van der Waals surface area contributed by atoms with Gasteiger partial charge in [-0.3, -0.25) is 0 Å². The number of nitrogens with two attached hydrogens (primary N) is 1. The van der Waals surface area contributed by atoms with Crippen LogP contribution >= 0.6 is 27.3 Å². The van der Waals surface area contributed by atoms with Crippen molar-refractivity contribution in [1.29, 1.82) is 0 Å². The molecule has 0 amide bonds.